The molecule has 1 aromatic heterocycles. The first-order chi connectivity index (χ1) is 6.61. The zero-order valence-corrected chi connectivity index (χ0v) is 9.65. The minimum absolute atomic E-state index is 0.219. The van der Waals surface area contributed by atoms with E-state index in [-0.39, 0.29) is 11.4 Å². The predicted octanol–water partition coefficient (Wildman–Crippen LogP) is 1.68. The van der Waals surface area contributed by atoms with E-state index in [1.165, 1.54) is 0 Å². The summed E-state index contributed by atoms with van der Waals surface area (Å²) in [6.45, 7) is 3.87. The average molecular weight is 234 g/mol. The second-order valence-corrected chi connectivity index (χ2v) is 4.17. The molecule has 1 atom stereocenters. The van der Waals surface area contributed by atoms with E-state index in [1.54, 1.807) is 5.38 Å². The average Bonchev–Trinajstić information content (AvgIpc) is 2.70. The summed E-state index contributed by atoms with van der Waals surface area (Å²) in [4.78, 5) is 11.6. The van der Waals surface area contributed by atoms with Gasteiger partial charge in [-0.1, -0.05) is 11.4 Å². The normalized spacial score (nSPS) is 14.8. The summed E-state index contributed by atoms with van der Waals surface area (Å²) in [6, 6.07) is 0. The van der Waals surface area contributed by atoms with Crippen LogP contribution < -0.4 is 5.32 Å². The molecular weight excluding hydrogens is 222 g/mol. The van der Waals surface area contributed by atoms with Crippen molar-refractivity contribution in [1.29, 1.82) is 0 Å². The minimum Gasteiger partial charge on any atom is -0.344 e. The number of amides is 1. The lowest BCUT2D eigenvalue weighted by molar-refractivity contribution is 0.0907. The van der Waals surface area contributed by atoms with Crippen LogP contribution >= 0.6 is 23.1 Å². The number of hydrogen-bond acceptors (Lipinski definition) is 4. The molecule has 6 heteroatoms. The van der Waals surface area contributed by atoms with E-state index in [0.717, 1.165) is 18.0 Å². The van der Waals surface area contributed by atoms with Gasteiger partial charge in [-0.25, -0.2) is 0 Å². The molecule has 78 valence electrons. The molecule has 0 spiro atoms. The number of carbonyl (C=O) groups is 1. The van der Waals surface area contributed by atoms with Crippen molar-refractivity contribution in [3.8, 4) is 0 Å². The van der Waals surface area contributed by atoms with E-state index in [4.69, 9.17) is 11.6 Å². The molecule has 1 rings (SSSR count). The molecule has 1 unspecified atom stereocenters. The number of aromatic nitrogens is 2. The first kappa shape index (κ1) is 11.4. The molecule has 1 aromatic rings. The Morgan fingerprint density at radius 3 is 2.93 bits per heavy atom. The molecular formula is C8H12ClN3OS. The number of nitrogens with one attached hydrogen (secondary N) is 1. The lowest BCUT2D eigenvalue weighted by Gasteiger charge is -2.26. The number of alkyl halides is 1. The first-order valence-electron chi connectivity index (χ1n) is 4.27. The predicted molar refractivity (Wildman–Crippen MR) is 56.8 cm³/mol. The summed E-state index contributed by atoms with van der Waals surface area (Å²) in [5.41, 5.74) is -0.0257. The van der Waals surface area contributed by atoms with Crippen molar-refractivity contribution in [2.24, 2.45) is 0 Å². The topological polar surface area (TPSA) is 54.9 Å². The fourth-order valence-electron chi connectivity index (χ4n) is 0.818. The highest BCUT2D eigenvalue weighted by atomic mass is 35.5. The smallest absolute Gasteiger partial charge is 0.273 e. The molecule has 1 heterocycles. The fraction of sp³-hybridized carbons (Fsp3) is 0.625. The van der Waals surface area contributed by atoms with Crippen LogP contribution in [0, 0.1) is 0 Å². The van der Waals surface area contributed by atoms with E-state index in [1.807, 2.05) is 13.8 Å². The van der Waals surface area contributed by atoms with Crippen molar-refractivity contribution >= 4 is 29.0 Å². The molecule has 0 saturated carbocycles. The third-order valence-corrected chi connectivity index (χ3v) is 3.18. The summed E-state index contributed by atoms with van der Waals surface area (Å²) in [5, 5.41) is 8.12. The van der Waals surface area contributed by atoms with E-state index in [9.17, 15) is 4.79 Å². The van der Waals surface area contributed by atoms with E-state index >= 15 is 0 Å². The minimum atomic E-state index is -0.373. The van der Waals surface area contributed by atoms with E-state index < -0.39 is 0 Å². The van der Waals surface area contributed by atoms with E-state index in [0.29, 0.717) is 11.6 Å². The van der Waals surface area contributed by atoms with Gasteiger partial charge >= 0.3 is 0 Å². The molecule has 0 aliphatic carbocycles. The Morgan fingerprint density at radius 2 is 2.50 bits per heavy atom. The van der Waals surface area contributed by atoms with Gasteiger partial charge < -0.3 is 5.32 Å². The maximum Gasteiger partial charge on any atom is 0.273 e. The summed E-state index contributed by atoms with van der Waals surface area (Å²) < 4.78 is 3.62. The van der Waals surface area contributed by atoms with Crippen LogP contribution in [0.15, 0.2) is 5.38 Å². The number of hydrogen-bond donors (Lipinski definition) is 1. The molecule has 0 bridgehead atoms. The van der Waals surface area contributed by atoms with Gasteiger partial charge in [0.25, 0.3) is 5.91 Å². The number of halogens is 1. The second kappa shape index (κ2) is 4.70. The van der Waals surface area contributed by atoms with Crippen LogP contribution in [-0.2, 0) is 0 Å². The highest BCUT2D eigenvalue weighted by Crippen LogP contribution is 2.12. The van der Waals surface area contributed by atoms with Gasteiger partial charge in [-0.3, -0.25) is 4.79 Å². The first-order valence-corrected chi connectivity index (χ1v) is 5.64. The van der Waals surface area contributed by atoms with Gasteiger partial charge in [-0.15, -0.1) is 16.7 Å². The molecule has 4 nitrogen and oxygen atoms in total. The summed E-state index contributed by atoms with van der Waals surface area (Å²) in [5.74, 6) is 0.163. The second-order valence-electron chi connectivity index (χ2n) is 3.29. The van der Waals surface area contributed by atoms with Crippen molar-refractivity contribution < 1.29 is 4.79 Å². The summed E-state index contributed by atoms with van der Waals surface area (Å²) >= 11 is 6.92. The van der Waals surface area contributed by atoms with Crippen LogP contribution in [0.1, 0.15) is 30.8 Å². The lowest BCUT2D eigenvalue weighted by atomic mass is 10.0. The highest BCUT2D eigenvalue weighted by Gasteiger charge is 2.24. The molecule has 0 aliphatic heterocycles. The third kappa shape index (κ3) is 2.65. The third-order valence-electron chi connectivity index (χ3n) is 2.08. The largest absolute Gasteiger partial charge is 0.344 e. The van der Waals surface area contributed by atoms with Crippen molar-refractivity contribution in [3.63, 3.8) is 0 Å². The Balaban J connectivity index is 2.65. The Hall–Kier alpha value is -0.680. The zero-order valence-electron chi connectivity index (χ0n) is 8.08. The van der Waals surface area contributed by atoms with Gasteiger partial charge in [0.05, 0.1) is 5.54 Å². The maximum absolute atomic E-state index is 11.6. The van der Waals surface area contributed by atoms with Gasteiger partial charge in [-0.05, 0) is 24.9 Å². The van der Waals surface area contributed by atoms with E-state index in [2.05, 4.69) is 14.9 Å². The Bertz CT molecular complexity index is 298. The molecule has 14 heavy (non-hydrogen) atoms. The molecule has 1 amide bonds. The van der Waals surface area contributed by atoms with Gasteiger partial charge in [-0.2, -0.15) is 0 Å². The van der Waals surface area contributed by atoms with Crippen molar-refractivity contribution in [3.05, 3.63) is 11.1 Å². The van der Waals surface area contributed by atoms with Crippen LogP contribution in [0.25, 0.3) is 0 Å². The standard InChI is InChI=1S/C8H12ClN3OS/c1-3-8(2,5-9)10-7(13)6-4-14-12-11-6/h4H,3,5H2,1-2H3,(H,10,13). The van der Waals surface area contributed by atoms with Crippen LogP contribution in [0.2, 0.25) is 0 Å². The lowest BCUT2D eigenvalue weighted by Crippen LogP contribution is -2.47. The van der Waals surface area contributed by atoms with Gasteiger partial charge in [0.15, 0.2) is 5.69 Å². The number of nitrogens with zero attached hydrogens (tertiary/aromatic N) is 2. The van der Waals surface area contributed by atoms with Gasteiger partial charge in [0, 0.05) is 11.3 Å². The van der Waals surface area contributed by atoms with Crippen LogP contribution in [0.4, 0.5) is 0 Å². The Morgan fingerprint density at radius 1 is 1.79 bits per heavy atom. The molecule has 1 N–H and O–H groups in total. The van der Waals surface area contributed by atoms with Crippen LogP contribution in [0.5, 0.6) is 0 Å². The summed E-state index contributed by atoms with van der Waals surface area (Å²) in [7, 11) is 0. The van der Waals surface area contributed by atoms with Crippen LogP contribution in [0.3, 0.4) is 0 Å². The maximum atomic E-state index is 11.6. The van der Waals surface area contributed by atoms with Crippen molar-refractivity contribution in [2.75, 3.05) is 5.88 Å². The highest BCUT2D eigenvalue weighted by molar-refractivity contribution is 7.03. The molecule has 0 fully saturated rings. The summed E-state index contributed by atoms with van der Waals surface area (Å²) in [6.07, 6.45) is 0.778. The fourth-order valence-corrected chi connectivity index (χ4v) is 1.51. The van der Waals surface area contributed by atoms with Gasteiger partial charge in [0.1, 0.15) is 0 Å². The molecule has 0 radical (unpaired) electrons. The monoisotopic (exact) mass is 233 g/mol. The molecule has 0 aromatic carbocycles. The van der Waals surface area contributed by atoms with Gasteiger partial charge in [0.2, 0.25) is 0 Å². The Labute approximate surface area is 91.8 Å². The van der Waals surface area contributed by atoms with Crippen LogP contribution in [-0.4, -0.2) is 26.9 Å². The Kier molecular flexibility index (Phi) is 3.83. The quantitative estimate of drug-likeness (QED) is 0.805. The number of rotatable bonds is 4. The van der Waals surface area contributed by atoms with Crippen molar-refractivity contribution in [2.45, 2.75) is 25.8 Å². The SMILES string of the molecule is CCC(C)(CCl)NC(=O)c1csnn1. The zero-order chi connectivity index (χ0) is 10.6. The molecule has 0 saturated heterocycles. The molecule has 0 aliphatic rings. The number of carbonyl (C=O) groups excluding carboxylic acids is 1. The van der Waals surface area contributed by atoms with Crippen molar-refractivity contribution in [1.82, 2.24) is 14.9 Å².